The maximum atomic E-state index is 14.5. The van der Waals surface area contributed by atoms with Gasteiger partial charge in [-0.3, -0.25) is 0 Å². The molecule has 9 heteroatoms. The van der Waals surface area contributed by atoms with E-state index in [4.69, 9.17) is 16.2 Å². The van der Waals surface area contributed by atoms with Gasteiger partial charge < -0.3 is 26.0 Å². The average Bonchev–Trinajstić information content (AvgIpc) is 3.18. The van der Waals surface area contributed by atoms with E-state index in [-0.39, 0.29) is 17.3 Å². The maximum Gasteiger partial charge on any atom is 0.158 e. The molecule has 6 rings (SSSR count). The van der Waals surface area contributed by atoms with E-state index in [1.54, 1.807) is 12.3 Å². The number of aromatic nitrogens is 2. The van der Waals surface area contributed by atoms with Crippen molar-refractivity contribution >= 4 is 29.1 Å². The molecule has 3 heterocycles. The SMILES string of the molecule is Nc1nc(N2CCC3(CC2)Cc2ccccc2[C@H]3N)cnc1Sc1ccc(F)c(N2CCOCC2)c1. The highest BCUT2D eigenvalue weighted by molar-refractivity contribution is 7.99. The number of morpholine rings is 1. The minimum absolute atomic E-state index is 0.0869. The lowest BCUT2D eigenvalue weighted by Gasteiger charge is -2.42. The number of hydrogen-bond donors (Lipinski definition) is 2. The Bertz CT molecular complexity index is 1260. The monoisotopic (exact) mass is 506 g/mol. The molecule has 1 aromatic heterocycles. The van der Waals surface area contributed by atoms with Crippen molar-refractivity contribution in [3.05, 3.63) is 65.6 Å². The zero-order chi connectivity index (χ0) is 24.7. The lowest BCUT2D eigenvalue weighted by Crippen LogP contribution is -2.44. The van der Waals surface area contributed by atoms with Crippen molar-refractivity contribution in [2.75, 3.05) is 54.9 Å². The Kier molecular flexibility index (Phi) is 6.23. The largest absolute Gasteiger partial charge is 0.381 e. The average molecular weight is 507 g/mol. The molecule has 1 spiro atoms. The fraction of sp³-hybridized carbons (Fsp3) is 0.407. The van der Waals surface area contributed by atoms with E-state index in [1.165, 1.54) is 29.0 Å². The van der Waals surface area contributed by atoms with Gasteiger partial charge in [0.25, 0.3) is 0 Å². The maximum absolute atomic E-state index is 14.5. The van der Waals surface area contributed by atoms with Crippen molar-refractivity contribution in [1.29, 1.82) is 0 Å². The normalized spacial score (nSPS) is 21.1. The van der Waals surface area contributed by atoms with E-state index in [2.05, 4.69) is 39.1 Å². The summed E-state index contributed by atoms with van der Waals surface area (Å²) < 4.78 is 19.9. The molecule has 2 fully saturated rings. The quantitative estimate of drug-likeness (QED) is 0.548. The van der Waals surface area contributed by atoms with Crippen LogP contribution in [0.4, 0.5) is 21.7 Å². The molecule has 0 radical (unpaired) electrons. The Morgan fingerprint density at radius 1 is 1.03 bits per heavy atom. The van der Waals surface area contributed by atoms with Crippen LogP contribution in [-0.2, 0) is 11.2 Å². The highest BCUT2D eigenvalue weighted by atomic mass is 32.2. The molecule has 0 unspecified atom stereocenters. The Morgan fingerprint density at radius 2 is 1.81 bits per heavy atom. The number of nitrogens with zero attached hydrogens (tertiary/aromatic N) is 4. The third kappa shape index (κ3) is 4.29. The second kappa shape index (κ2) is 9.53. The van der Waals surface area contributed by atoms with Crippen LogP contribution in [0, 0.1) is 11.2 Å². The Hall–Kier alpha value is -2.88. The number of piperidine rings is 1. The Balaban J connectivity index is 1.13. The highest BCUT2D eigenvalue weighted by Crippen LogP contribution is 2.51. The summed E-state index contributed by atoms with van der Waals surface area (Å²) in [5.74, 6) is 0.951. The summed E-state index contributed by atoms with van der Waals surface area (Å²) in [5.41, 5.74) is 16.5. The van der Waals surface area contributed by atoms with E-state index in [0.29, 0.717) is 42.8 Å². The van der Waals surface area contributed by atoms with Crippen LogP contribution in [0.25, 0.3) is 0 Å². The fourth-order valence-electron chi connectivity index (χ4n) is 5.81. The van der Waals surface area contributed by atoms with Gasteiger partial charge in [0.2, 0.25) is 0 Å². The third-order valence-electron chi connectivity index (χ3n) is 7.91. The molecule has 0 saturated carbocycles. The molecule has 36 heavy (non-hydrogen) atoms. The topological polar surface area (TPSA) is 93.5 Å². The molecule has 0 amide bonds. The molecule has 0 bridgehead atoms. The third-order valence-corrected chi connectivity index (χ3v) is 8.91. The second-order valence-corrected chi connectivity index (χ2v) is 11.0. The van der Waals surface area contributed by atoms with Crippen LogP contribution < -0.4 is 21.3 Å². The number of hydrogen-bond acceptors (Lipinski definition) is 8. The van der Waals surface area contributed by atoms with Gasteiger partial charge in [0.1, 0.15) is 16.7 Å². The molecule has 3 aliphatic rings. The Morgan fingerprint density at radius 3 is 2.56 bits per heavy atom. The van der Waals surface area contributed by atoms with Crippen LogP contribution in [0.3, 0.4) is 0 Å². The van der Waals surface area contributed by atoms with Crippen LogP contribution in [0.2, 0.25) is 0 Å². The molecule has 7 nitrogen and oxygen atoms in total. The lowest BCUT2D eigenvalue weighted by molar-refractivity contribution is 0.122. The van der Waals surface area contributed by atoms with Gasteiger partial charge in [-0.05, 0) is 54.0 Å². The minimum Gasteiger partial charge on any atom is -0.381 e. The molecule has 4 N–H and O–H groups in total. The molecule has 1 aliphatic carbocycles. The van der Waals surface area contributed by atoms with Crippen molar-refractivity contribution in [2.24, 2.45) is 11.1 Å². The van der Waals surface area contributed by atoms with Gasteiger partial charge in [0.05, 0.1) is 25.1 Å². The van der Waals surface area contributed by atoms with Gasteiger partial charge in [0.15, 0.2) is 5.82 Å². The molecule has 2 aromatic carbocycles. The fourth-order valence-corrected chi connectivity index (χ4v) is 6.60. The van der Waals surface area contributed by atoms with Crippen molar-refractivity contribution in [3.63, 3.8) is 0 Å². The van der Waals surface area contributed by atoms with Gasteiger partial charge in [-0.1, -0.05) is 36.0 Å². The summed E-state index contributed by atoms with van der Waals surface area (Å²) in [4.78, 5) is 14.5. The van der Waals surface area contributed by atoms with E-state index in [9.17, 15) is 4.39 Å². The highest BCUT2D eigenvalue weighted by Gasteiger charge is 2.45. The molecular formula is C27H31FN6OS. The summed E-state index contributed by atoms with van der Waals surface area (Å²) in [6.45, 7) is 4.32. The number of anilines is 3. The summed E-state index contributed by atoms with van der Waals surface area (Å²) in [7, 11) is 0. The zero-order valence-electron chi connectivity index (χ0n) is 20.2. The minimum atomic E-state index is -0.233. The van der Waals surface area contributed by atoms with E-state index in [0.717, 1.165) is 43.1 Å². The number of benzene rings is 2. The molecule has 2 aliphatic heterocycles. The van der Waals surface area contributed by atoms with E-state index >= 15 is 0 Å². The first-order valence-corrected chi connectivity index (χ1v) is 13.3. The first kappa shape index (κ1) is 23.5. The van der Waals surface area contributed by atoms with Gasteiger partial charge in [-0.15, -0.1) is 0 Å². The smallest absolute Gasteiger partial charge is 0.158 e. The summed E-state index contributed by atoms with van der Waals surface area (Å²) in [6.07, 6.45) is 4.87. The summed E-state index contributed by atoms with van der Waals surface area (Å²) in [5, 5.41) is 0.625. The molecule has 188 valence electrons. The van der Waals surface area contributed by atoms with Crippen molar-refractivity contribution in [3.8, 4) is 0 Å². The molecule has 1 atom stereocenters. The predicted molar refractivity (Wildman–Crippen MR) is 141 cm³/mol. The molecule has 2 saturated heterocycles. The first-order chi connectivity index (χ1) is 17.5. The van der Waals surface area contributed by atoms with Crippen molar-refractivity contribution in [2.45, 2.75) is 35.2 Å². The zero-order valence-corrected chi connectivity index (χ0v) is 21.0. The second-order valence-electron chi connectivity index (χ2n) is 9.94. The number of nitrogens with two attached hydrogens (primary N) is 2. The van der Waals surface area contributed by atoms with Gasteiger partial charge in [-0.25, -0.2) is 14.4 Å². The predicted octanol–water partition coefficient (Wildman–Crippen LogP) is 4.03. The molecular weight excluding hydrogens is 475 g/mol. The van der Waals surface area contributed by atoms with Crippen molar-refractivity contribution < 1.29 is 9.13 Å². The number of rotatable bonds is 4. The van der Waals surface area contributed by atoms with Crippen LogP contribution in [0.1, 0.15) is 30.0 Å². The van der Waals surface area contributed by atoms with Gasteiger partial charge in [0, 0.05) is 37.1 Å². The van der Waals surface area contributed by atoms with Gasteiger partial charge >= 0.3 is 0 Å². The van der Waals surface area contributed by atoms with Crippen LogP contribution in [-0.4, -0.2) is 49.4 Å². The first-order valence-electron chi connectivity index (χ1n) is 12.5. The summed E-state index contributed by atoms with van der Waals surface area (Å²) in [6, 6.07) is 13.8. The van der Waals surface area contributed by atoms with Gasteiger partial charge in [-0.2, -0.15) is 0 Å². The van der Waals surface area contributed by atoms with Crippen molar-refractivity contribution in [1.82, 2.24) is 9.97 Å². The van der Waals surface area contributed by atoms with Crippen LogP contribution in [0.15, 0.2) is 58.6 Å². The number of fused-ring (bicyclic) bond motifs is 1. The number of halogens is 1. The standard InChI is InChI=1S/C27H31FN6OS/c28-21-6-5-19(15-22(21)33-11-13-35-14-12-33)36-26-25(30)32-23(17-31-26)34-9-7-27(8-10-34)16-18-3-1-2-4-20(18)24(27)29/h1-6,15,17,24H,7-14,16,29H2,(H2,30,32)/t24-/m1/s1. The van der Waals surface area contributed by atoms with Crippen LogP contribution in [0.5, 0.6) is 0 Å². The van der Waals surface area contributed by atoms with E-state index < -0.39 is 0 Å². The lowest BCUT2D eigenvalue weighted by atomic mass is 9.73. The summed E-state index contributed by atoms with van der Waals surface area (Å²) >= 11 is 1.41. The molecule has 3 aromatic rings. The van der Waals surface area contributed by atoms with E-state index in [1.807, 2.05) is 11.0 Å². The Labute approximate surface area is 215 Å². The number of ether oxygens (including phenoxy) is 1. The van der Waals surface area contributed by atoms with Crippen LogP contribution >= 0.6 is 11.8 Å². The number of nitrogen functional groups attached to an aromatic ring is 1.